The lowest BCUT2D eigenvalue weighted by molar-refractivity contribution is 0.589. The number of fused-ring (bicyclic) bond motifs is 1. The van der Waals surface area contributed by atoms with Crippen molar-refractivity contribution in [3.63, 3.8) is 0 Å². The largest absolute Gasteiger partial charge is 0.399 e. The molecule has 0 saturated heterocycles. The molecule has 4 aromatic rings. The van der Waals surface area contributed by atoms with Crippen molar-refractivity contribution in [3.05, 3.63) is 72.7 Å². The number of rotatable bonds is 4. The number of nitrogens with two attached hydrogens (primary N) is 1. The Kier molecular flexibility index (Phi) is 3.73. The molecule has 5 rings (SSSR count). The summed E-state index contributed by atoms with van der Waals surface area (Å²) < 4.78 is 28.4. The summed E-state index contributed by atoms with van der Waals surface area (Å²) in [5.41, 5.74) is 9.09. The van der Waals surface area contributed by atoms with E-state index in [9.17, 15) is 8.42 Å². The minimum Gasteiger partial charge on any atom is -0.399 e. The molecule has 0 atom stereocenters. The molecule has 0 aliphatic heterocycles. The van der Waals surface area contributed by atoms with Crippen molar-refractivity contribution in [3.8, 4) is 11.3 Å². The van der Waals surface area contributed by atoms with Crippen LogP contribution < -0.4 is 5.73 Å². The van der Waals surface area contributed by atoms with Gasteiger partial charge >= 0.3 is 0 Å². The highest BCUT2D eigenvalue weighted by Crippen LogP contribution is 2.43. The minimum atomic E-state index is -3.84. The number of nitrogens with zero attached hydrogens (tertiary/aromatic N) is 3. The number of aromatic nitrogens is 3. The summed E-state index contributed by atoms with van der Waals surface area (Å²) in [6, 6.07) is 17.5. The van der Waals surface area contributed by atoms with E-state index in [1.807, 2.05) is 18.2 Å². The third-order valence-electron chi connectivity index (χ3n) is 5.04. The van der Waals surface area contributed by atoms with Gasteiger partial charge in [-0.15, -0.1) is 0 Å². The van der Waals surface area contributed by atoms with Crippen LogP contribution >= 0.6 is 0 Å². The van der Waals surface area contributed by atoms with Crippen molar-refractivity contribution in [1.82, 2.24) is 13.9 Å². The van der Waals surface area contributed by atoms with Gasteiger partial charge in [0.1, 0.15) is 6.33 Å². The Morgan fingerprint density at radius 1 is 0.964 bits per heavy atom. The Morgan fingerprint density at radius 3 is 2.36 bits per heavy atom. The second kappa shape index (κ2) is 6.17. The van der Waals surface area contributed by atoms with Gasteiger partial charge in [0.25, 0.3) is 10.0 Å². The van der Waals surface area contributed by atoms with Crippen molar-refractivity contribution in [2.45, 2.75) is 23.7 Å². The van der Waals surface area contributed by atoms with Crippen LogP contribution in [0.1, 0.15) is 24.5 Å². The van der Waals surface area contributed by atoms with E-state index in [-0.39, 0.29) is 4.90 Å². The molecule has 1 fully saturated rings. The molecule has 0 radical (unpaired) electrons. The van der Waals surface area contributed by atoms with Crippen LogP contribution in [0.4, 0.5) is 5.69 Å². The third kappa shape index (κ3) is 2.66. The highest BCUT2D eigenvalue weighted by Gasteiger charge is 2.31. The molecular weight excluding hydrogens is 372 g/mol. The number of anilines is 1. The summed E-state index contributed by atoms with van der Waals surface area (Å²) in [6.07, 6.45) is 3.60. The molecule has 2 aromatic carbocycles. The normalized spacial score (nSPS) is 14.4. The number of hydrogen-bond acceptors (Lipinski definition) is 5. The fourth-order valence-corrected chi connectivity index (χ4v) is 4.99. The van der Waals surface area contributed by atoms with Crippen LogP contribution in [-0.4, -0.2) is 22.4 Å². The highest BCUT2D eigenvalue weighted by molar-refractivity contribution is 7.90. The van der Waals surface area contributed by atoms with Gasteiger partial charge < -0.3 is 5.73 Å². The van der Waals surface area contributed by atoms with E-state index in [4.69, 9.17) is 5.73 Å². The standard InChI is InChI=1S/C21H18N4O2S/c22-16-10-8-14(9-11-16)19-12-18-20(15-6-7-15)23-13-24-21(18)25(19)28(26,27)17-4-2-1-3-5-17/h1-5,8-13,15H,6-7,22H2. The smallest absolute Gasteiger partial charge is 0.269 e. The van der Waals surface area contributed by atoms with Crippen LogP contribution in [0.3, 0.4) is 0 Å². The van der Waals surface area contributed by atoms with Gasteiger partial charge in [0, 0.05) is 17.0 Å². The van der Waals surface area contributed by atoms with E-state index in [0.29, 0.717) is 22.9 Å². The Hall–Kier alpha value is -3.19. The van der Waals surface area contributed by atoms with E-state index >= 15 is 0 Å². The van der Waals surface area contributed by atoms with E-state index in [2.05, 4.69) is 9.97 Å². The van der Waals surface area contributed by atoms with Crippen molar-refractivity contribution in [2.75, 3.05) is 5.73 Å². The predicted octanol–water partition coefficient (Wildman–Crippen LogP) is 3.79. The van der Waals surface area contributed by atoms with Gasteiger partial charge in [-0.1, -0.05) is 30.3 Å². The molecule has 2 aromatic heterocycles. The summed E-state index contributed by atoms with van der Waals surface area (Å²) in [7, 11) is -3.84. The van der Waals surface area contributed by atoms with Gasteiger partial charge in [-0.3, -0.25) is 0 Å². The van der Waals surface area contributed by atoms with Crippen molar-refractivity contribution >= 4 is 26.7 Å². The topological polar surface area (TPSA) is 90.9 Å². The average Bonchev–Trinajstić information content (AvgIpc) is 3.48. The van der Waals surface area contributed by atoms with Crippen LogP contribution in [0.2, 0.25) is 0 Å². The average molecular weight is 390 g/mol. The maximum atomic E-state index is 13.5. The minimum absolute atomic E-state index is 0.218. The molecule has 1 aliphatic carbocycles. The summed E-state index contributed by atoms with van der Waals surface area (Å²) in [4.78, 5) is 9.02. The van der Waals surface area contributed by atoms with Crippen LogP contribution in [-0.2, 0) is 10.0 Å². The quantitative estimate of drug-likeness (QED) is 0.535. The summed E-state index contributed by atoms with van der Waals surface area (Å²) in [5, 5.41) is 0.788. The number of benzene rings is 2. The molecule has 1 saturated carbocycles. The van der Waals surface area contributed by atoms with Crippen molar-refractivity contribution in [2.24, 2.45) is 0 Å². The molecule has 6 nitrogen and oxygen atoms in total. The molecule has 0 amide bonds. The van der Waals surface area contributed by atoms with Gasteiger partial charge in [-0.05, 0) is 48.7 Å². The SMILES string of the molecule is Nc1ccc(-c2cc3c(C4CC4)ncnc3n2S(=O)(=O)c2ccccc2)cc1. The summed E-state index contributed by atoms with van der Waals surface area (Å²) in [6.45, 7) is 0. The molecule has 0 unspecified atom stereocenters. The van der Waals surface area contributed by atoms with E-state index < -0.39 is 10.0 Å². The second-order valence-electron chi connectivity index (χ2n) is 7.00. The first kappa shape index (κ1) is 16.9. The van der Waals surface area contributed by atoms with Gasteiger partial charge in [-0.25, -0.2) is 22.4 Å². The summed E-state index contributed by atoms with van der Waals surface area (Å²) in [5.74, 6) is 0.375. The Bertz CT molecular complexity index is 1280. The van der Waals surface area contributed by atoms with Crippen LogP contribution in [0.15, 0.2) is 71.9 Å². The second-order valence-corrected chi connectivity index (χ2v) is 8.79. The highest BCUT2D eigenvalue weighted by atomic mass is 32.2. The lowest BCUT2D eigenvalue weighted by Gasteiger charge is -2.12. The van der Waals surface area contributed by atoms with E-state index in [1.54, 1.807) is 42.5 Å². The first-order valence-electron chi connectivity index (χ1n) is 9.08. The van der Waals surface area contributed by atoms with E-state index in [0.717, 1.165) is 29.5 Å². The summed E-state index contributed by atoms with van der Waals surface area (Å²) >= 11 is 0. The molecule has 28 heavy (non-hydrogen) atoms. The fourth-order valence-electron chi connectivity index (χ4n) is 3.49. The predicted molar refractivity (Wildman–Crippen MR) is 108 cm³/mol. The van der Waals surface area contributed by atoms with Crippen LogP contribution in [0, 0.1) is 0 Å². The first-order chi connectivity index (χ1) is 13.6. The van der Waals surface area contributed by atoms with Crippen LogP contribution in [0.5, 0.6) is 0 Å². The Balaban J connectivity index is 1.84. The number of nitrogen functional groups attached to an aromatic ring is 1. The number of hydrogen-bond donors (Lipinski definition) is 1. The van der Waals surface area contributed by atoms with Gasteiger partial charge in [0.15, 0.2) is 5.65 Å². The fraction of sp³-hybridized carbons (Fsp3) is 0.143. The van der Waals surface area contributed by atoms with Crippen molar-refractivity contribution in [1.29, 1.82) is 0 Å². The molecule has 1 aliphatic rings. The van der Waals surface area contributed by atoms with Crippen molar-refractivity contribution < 1.29 is 8.42 Å². The van der Waals surface area contributed by atoms with Gasteiger partial charge in [0.05, 0.1) is 16.3 Å². The molecule has 0 bridgehead atoms. The Morgan fingerprint density at radius 2 is 1.68 bits per heavy atom. The van der Waals surface area contributed by atoms with Crippen LogP contribution in [0.25, 0.3) is 22.3 Å². The zero-order valence-corrected chi connectivity index (χ0v) is 15.8. The monoisotopic (exact) mass is 390 g/mol. The zero-order chi connectivity index (χ0) is 19.3. The maximum absolute atomic E-state index is 13.5. The lowest BCUT2D eigenvalue weighted by Crippen LogP contribution is -2.14. The van der Waals surface area contributed by atoms with Gasteiger partial charge in [-0.2, -0.15) is 0 Å². The Labute approximate surface area is 162 Å². The zero-order valence-electron chi connectivity index (χ0n) is 15.0. The molecule has 2 heterocycles. The third-order valence-corrected chi connectivity index (χ3v) is 6.76. The molecule has 2 N–H and O–H groups in total. The van der Waals surface area contributed by atoms with Gasteiger partial charge in [0.2, 0.25) is 0 Å². The molecule has 140 valence electrons. The molecule has 7 heteroatoms. The first-order valence-corrected chi connectivity index (χ1v) is 10.5. The molecular formula is C21H18N4O2S. The maximum Gasteiger partial charge on any atom is 0.269 e. The molecule has 0 spiro atoms. The van der Waals surface area contributed by atoms with E-state index in [1.165, 1.54) is 10.3 Å². The lowest BCUT2D eigenvalue weighted by atomic mass is 10.1.